The van der Waals surface area contributed by atoms with E-state index in [4.69, 9.17) is 13.9 Å². The van der Waals surface area contributed by atoms with E-state index in [2.05, 4.69) is 40.4 Å². The highest BCUT2D eigenvalue weighted by molar-refractivity contribution is 6.74. The highest BCUT2D eigenvalue weighted by Gasteiger charge is 2.44. The second-order valence-corrected chi connectivity index (χ2v) is 15.5. The molecule has 0 amide bonds. The molecule has 1 aliphatic rings. The van der Waals surface area contributed by atoms with Gasteiger partial charge in [0.1, 0.15) is 0 Å². The van der Waals surface area contributed by atoms with E-state index in [0.29, 0.717) is 6.61 Å². The molecule has 3 atom stereocenters. The first-order valence-corrected chi connectivity index (χ1v) is 13.8. The molecular weight excluding hydrogens is 368 g/mol. The lowest BCUT2D eigenvalue weighted by Gasteiger charge is -2.39. The maximum absolute atomic E-state index is 11.9. The molecule has 0 aromatic heterocycles. The van der Waals surface area contributed by atoms with Gasteiger partial charge in [0.15, 0.2) is 8.32 Å². The highest BCUT2D eigenvalue weighted by atomic mass is 28.4. The van der Waals surface area contributed by atoms with Crippen molar-refractivity contribution in [2.45, 2.75) is 117 Å². The maximum atomic E-state index is 11.9. The van der Waals surface area contributed by atoms with Crippen molar-refractivity contribution in [2.24, 2.45) is 5.41 Å². The van der Waals surface area contributed by atoms with Crippen LogP contribution in [0.3, 0.4) is 0 Å². The standard InChI is InChI=1S/C23H44O4Si/c1-10-11-12-15-19-20(27-28(8,9)23(5,6)7)17-18(26-19)14-13-16-25-21(24)22(2,3)4/h10,18-20H,1,11-17H2,2-9H3/t18-,19-,20-/m0/s1. The fourth-order valence-electron chi connectivity index (χ4n) is 3.08. The zero-order valence-corrected chi connectivity index (χ0v) is 20.6. The van der Waals surface area contributed by atoms with Crippen LogP contribution in [0.5, 0.6) is 0 Å². The molecule has 1 aliphatic heterocycles. The van der Waals surface area contributed by atoms with Gasteiger partial charge in [0.05, 0.1) is 30.3 Å². The largest absolute Gasteiger partial charge is 0.465 e. The molecule has 1 rings (SSSR count). The van der Waals surface area contributed by atoms with Crippen LogP contribution in [-0.2, 0) is 18.7 Å². The van der Waals surface area contributed by atoms with E-state index in [1.807, 2.05) is 26.8 Å². The lowest BCUT2D eigenvalue weighted by atomic mass is 9.97. The fourth-order valence-corrected chi connectivity index (χ4v) is 4.43. The molecule has 0 bridgehead atoms. The van der Waals surface area contributed by atoms with Gasteiger partial charge < -0.3 is 13.9 Å². The van der Waals surface area contributed by atoms with E-state index >= 15 is 0 Å². The van der Waals surface area contributed by atoms with Gasteiger partial charge in [-0.3, -0.25) is 4.79 Å². The van der Waals surface area contributed by atoms with Crippen LogP contribution in [0.1, 0.15) is 80.1 Å². The number of carbonyl (C=O) groups is 1. The van der Waals surface area contributed by atoms with Crippen molar-refractivity contribution < 1.29 is 18.7 Å². The SMILES string of the molecule is C=CCCC[C@@H]1O[C@@H](CCCOC(=O)C(C)(C)C)C[C@@H]1O[Si](C)(C)C(C)(C)C. The molecule has 1 fully saturated rings. The molecule has 0 saturated carbocycles. The van der Waals surface area contributed by atoms with Gasteiger partial charge in [0.25, 0.3) is 0 Å². The first-order valence-electron chi connectivity index (χ1n) is 10.9. The zero-order valence-electron chi connectivity index (χ0n) is 19.6. The minimum Gasteiger partial charge on any atom is -0.465 e. The number of unbranched alkanes of at least 4 members (excludes halogenated alkanes) is 1. The van der Waals surface area contributed by atoms with Crippen molar-refractivity contribution in [1.29, 1.82) is 0 Å². The topological polar surface area (TPSA) is 44.8 Å². The van der Waals surface area contributed by atoms with Crippen LogP contribution in [0.25, 0.3) is 0 Å². The Labute approximate surface area is 174 Å². The van der Waals surface area contributed by atoms with Crippen LogP contribution in [0, 0.1) is 5.41 Å². The van der Waals surface area contributed by atoms with Crippen molar-refractivity contribution in [2.75, 3.05) is 6.61 Å². The highest BCUT2D eigenvalue weighted by Crippen LogP contribution is 2.40. The summed E-state index contributed by atoms with van der Waals surface area (Å²) in [6.07, 6.45) is 8.30. The second kappa shape index (κ2) is 10.4. The molecule has 0 unspecified atom stereocenters. The lowest BCUT2D eigenvalue weighted by Crippen LogP contribution is -2.45. The third-order valence-corrected chi connectivity index (χ3v) is 10.4. The number of ether oxygens (including phenoxy) is 2. The average Bonchev–Trinajstić information content (AvgIpc) is 2.91. The minimum atomic E-state index is -1.83. The van der Waals surface area contributed by atoms with Crippen LogP contribution in [0.4, 0.5) is 0 Å². The summed E-state index contributed by atoms with van der Waals surface area (Å²) >= 11 is 0. The molecule has 0 N–H and O–H groups in total. The van der Waals surface area contributed by atoms with Crippen molar-refractivity contribution in [3.63, 3.8) is 0 Å². The van der Waals surface area contributed by atoms with Crippen LogP contribution < -0.4 is 0 Å². The molecule has 1 saturated heterocycles. The van der Waals surface area contributed by atoms with Crippen molar-refractivity contribution in [1.82, 2.24) is 0 Å². The summed E-state index contributed by atoms with van der Waals surface area (Å²) in [7, 11) is -1.83. The quantitative estimate of drug-likeness (QED) is 0.184. The van der Waals surface area contributed by atoms with Gasteiger partial charge in [0, 0.05) is 6.42 Å². The first kappa shape index (κ1) is 25.4. The summed E-state index contributed by atoms with van der Waals surface area (Å²) in [5.74, 6) is -0.138. The number of rotatable bonds is 10. The second-order valence-electron chi connectivity index (χ2n) is 10.7. The Morgan fingerprint density at radius 1 is 1.14 bits per heavy atom. The Hall–Kier alpha value is -0.653. The summed E-state index contributed by atoms with van der Waals surface area (Å²) in [5, 5.41) is 0.192. The summed E-state index contributed by atoms with van der Waals surface area (Å²) < 4.78 is 18.5. The molecule has 0 aromatic rings. The van der Waals surface area contributed by atoms with Crippen LogP contribution in [0.15, 0.2) is 12.7 Å². The summed E-state index contributed by atoms with van der Waals surface area (Å²) in [6, 6.07) is 0. The zero-order chi connectivity index (χ0) is 21.6. The van der Waals surface area contributed by atoms with Crippen molar-refractivity contribution in [3.8, 4) is 0 Å². The lowest BCUT2D eigenvalue weighted by molar-refractivity contribution is -0.153. The normalized spacial score (nSPS) is 23.6. The third kappa shape index (κ3) is 8.00. The van der Waals surface area contributed by atoms with E-state index < -0.39 is 13.7 Å². The summed E-state index contributed by atoms with van der Waals surface area (Å²) in [5.41, 5.74) is -0.442. The van der Waals surface area contributed by atoms with Gasteiger partial charge in [-0.1, -0.05) is 26.8 Å². The average molecular weight is 413 g/mol. The molecule has 164 valence electrons. The number of allylic oxidation sites excluding steroid dienone is 1. The van der Waals surface area contributed by atoms with Gasteiger partial charge in [-0.25, -0.2) is 0 Å². The van der Waals surface area contributed by atoms with E-state index in [1.165, 1.54) is 0 Å². The van der Waals surface area contributed by atoms with E-state index in [1.54, 1.807) is 0 Å². The Bertz CT molecular complexity index is 502. The molecule has 0 spiro atoms. The van der Waals surface area contributed by atoms with Crippen LogP contribution >= 0.6 is 0 Å². The molecule has 0 aromatic carbocycles. The predicted molar refractivity (Wildman–Crippen MR) is 119 cm³/mol. The minimum absolute atomic E-state index is 0.138. The van der Waals surface area contributed by atoms with E-state index in [9.17, 15) is 4.79 Å². The van der Waals surface area contributed by atoms with E-state index in [0.717, 1.165) is 38.5 Å². The number of esters is 1. The fraction of sp³-hybridized carbons (Fsp3) is 0.870. The number of carbonyl (C=O) groups excluding carboxylic acids is 1. The van der Waals surface area contributed by atoms with Gasteiger partial charge in [-0.15, -0.1) is 6.58 Å². The summed E-state index contributed by atoms with van der Waals surface area (Å²) in [4.78, 5) is 11.9. The van der Waals surface area contributed by atoms with Gasteiger partial charge in [0.2, 0.25) is 0 Å². The molecule has 5 heteroatoms. The molecule has 1 heterocycles. The molecule has 4 nitrogen and oxygen atoms in total. The van der Waals surface area contributed by atoms with Crippen molar-refractivity contribution >= 4 is 14.3 Å². The van der Waals surface area contributed by atoms with Gasteiger partial charge in [-0.2, -0.15) is 0 Å². The van der Waals surface area contributed by atoms with Crippen LogP contribution in [0.2, 0.25) is 18.1 Å². The Morgan fingerprint density at radius 2 is 1.79 bits per heavy atom. The summed E-state index contributed by atoms with van der Waals surface area (Å²) in [6.45, 7) is 21.4. The third-order valence-electron chi connectivity index (χ3n) is 5.94. The monoisotopic (exact) mass is 412 g/mol. The van der Waals surface area contributed by atoms with Gasteiger partial charge >= 0.3 is 5.97 Å². The Morgan fingerprint density at radius 3 is 2.32 bits per heavy atom. The molecular formula is C23H44O4Si. The van der Waals surface area contributed by atoms with Crippen molar-refractivity contribution in [3.05, 3.63) is 12.7 Å². The number of hydrogen-bond donors (Lipinski definition) is 0. The molecule has 0 radical (unpaired) electrons. The molecule has 28 heavy (non-hydrogen) atoms. The van der Waals surface area contributed by atoms with Crippen LogP contribution in [-0.4, -0.2) is 39.2 Å². The smallest absolute Gasteiger partial charge is 0.311 e. The maximum Gasteiger partial charge on any atom is 0.311 e. The Balaban J connectivity index is 2.58. The van der Waals surface area contributed by atoms with Gasteiger partial charge in [-0.05, 0) is 71.0 Å². The number of hydrogen-bond acceptors (Lipinski definition) is 4. The molecule has 0 aliphatic carbocycles. The predicted octanol–water partition coefficient (Wildman–Crippen LogP) is 6.26. The Kier molecular flexibility index (Phi) is 9.43. The first-order chi connectivity index (χ1) is 12.8. The van der Waals surface area contributed by atoms with E-state index in [-0.39, 0.29) is 29.3 Å².